The van der Waals surface area contributed by atoms with E-state index in [1.165, 1.54) is 0 Å². The van der Waals surface area contributed by atoms with Crippen LogP contribution in [0.25, 0.3) is 0 Å². The number of hydrogen-bond donors (Lipinski definition) is 2. The van der Waals surface area contributed by atoms with E-state index in [1.807, 2.05) is 4.90 Å². The number of carbonyl (C=O) groups is 3. The summed E-state index contributed by atoms with van der Waals surface area (Å²) in [5.41, 5.74) is 12.1. The van der Waals surface area contributed by atoms with Crippen LogP contribution in [0.5, 0.6) is 5.75 Å². The molecule has 36 heavy (non-hydrogen) atoms. The van der Waals surface area contributed by atoms with Crippen molar-refractivity contribution in [1.82, 2.24) is 14.7 Å². The second-order valence-electron chi connectivity index (χ2n) is 8.56. The summed E-state index contributed by atoms with van der Waals surface area (Å²) in [6.07, 6.45) is 0. The topological polar surface area (TPSA) is 144 Å². The molecule has 2 aliphatic heterocycles. The standard InChI is InChI=1S/C25H30N6O5/c26-25(27)28-20-5-1-19(2-6-20)24(34)36-21-7-3-18(4-8-21)23(33)31-11-9-29(10-12-31)17-22(32)30-13-15-35-16-14-30/h1-8H,9-17H2,(H4,26,27,28). The Morgan fingerprint density at radius 2 is 1.42 bits per heavy atom. The number of hydrogen-bond acceptors (Lipinski definition) is 7. The second-order valence-corrected chi connectivity index (χ2v) is 8.56. The number of amides is 2. The van der Waals surface area contributed by atoms with Crippen molar-refractivity contribution in [2.75, 3.05) is 59.0 Å². The number of nitrogens with two attached hydrogens (primary N) is 2. The number of ether oxygens (including phenoxy) is 2. The lowest BCUT2D eigenvalue weighted by Gasteiger charge is -2.36. The van der Waals surface area contributed by atoms with Crippen LogP contribution in [-0.2, 0) is 9.53 Å². The van der Waals surface area contributed by atoms with E-state index >= 15 is 0 Å². The Bertz CT molecular complexity index is 1100. The fraction of sp³-hybridized carbons (Fsp3) is 0.360. The van der Waals surface area contributed by atoms with E-state index in [1.54, 1.807) is 53.4 Å². The molecular formula is C25H30N6O5. The minimum Gasteiger partial charge on any atom is -0.423 e. The van der Waals surface area contributed by atoms with E-state index in [9.17, 15) is 14.4 Å². The van der Waals surface area contributed by atoms with Crippen LogP contribution in [0, 0.1) is 0 Å². The predicted octanol–water partition coefficient (Wildman–Crippen LogP) is 0.427. The molecule has 2 saturated heterocycles. The molecule has 0 atom stereocenters. The number of rotatable bonds is 6. The predicted molar refractivity (Wildman–Crippen MR) is 133 cm³/mol. The summed E-state index contributed by atoms with van der Waals surface area (Å²) in [4.78, 5) is 47.4. The van der Waals surface area contributed by atoms with Crippen molar-refractivity contribution in [3.05, 3.63) is 59.7 Å². The first-order valence-corrected chi connectivity index (χ1v) is 11.8. The number of guanidine groups is 1. The van der Waals surface area contributed by atoms with Crippen molar-refractivity contribution >= 4 is 29.4 Å². The van der Waals surface area contributed by atoms with Gasteiger partial charge in [-0.15, -0.1) is 0 Å². The molecule has 2 fully saturated rings. The summed E-state index contributed by atoms with van der Waals surface area (Å²) in [5, 5.41) is 0. The second kappa shape index (κ2) is 11.6. The molecule has 2 aliphatic rings. The molecule has 0 saturated carbocycles. The molecule has 11 heteroatoms. The van der Waals surface area contributed by atoms with E-state index in [2.05, 4.69) is 9.89 Å². The van der Waals surface area contributed by atoms with Gasteiger partial charge < -0.3 is 30.7 Å². The molecule has 0 unspecified atom stereocenters. The molecule has 2 heterocycles. The van der Waals surface area contributed by atoms with E-state index in [-0.39, 0.29) is 17.8 Å². The zero-order valence-electron chi connectivity index (χ0n) is 20.0. The van der Waals surface area contributed by atoms with Crippen molar-refractivity contribution in [1.29, 1.82) is 0 Å². The lowest BCUT2D eigenvalue weighted by Crippen LogP contribution is -2.52. The van der Waals surface area contributed by atoms with Crippen LogP contribution in [-0.4, -0.2) is 97.5 Å². The van der Waals surface area contributed by atoms with Gasteiger partial charge in [0.15, 0.2) is 5.96 Å². The Hall–Kier alpha value is -3.96. The van der Waals surface area contributed by atoms with E-state index in [0.29, 0.717) is 81.6 Å². The highest BCUT2D eigenvalue weighted by Crippen LogP contribution is 2.18. The zero-order chi connectivity index (χ0) is 25.5. The van der Waals surface area contributed by atoms with Crippen LogP contribution >= 0.6 is 0 Å². The van der Waals surface area contributed by atoms with E-state index in [0.717, 1.165) is 0 Å². The molecule has 0 radical (unpaired) electrons. The van der Waals surface area contributed by atoms with Gasteiger partial charge in [-0.25, -0.2) is 9.79 Å². The largest absolute Gasteiger partial charge is 0.423 e. The van der Waals surface area contributed by atoms with Gasteiger partial charge in [0.05, 0.1) is 31.0 Å². The van der Waals surface area contributed by atoms with Crippen LogP contribution in [0.15, 0.2) is 53.5 Å². The maximum absolute atomic E-state index is 12.9. The van der Waals surface area contributed by atoms with Gasteiger partial charge in [0.2, 0.25) is 5.91 Å². The molecule has 2 aromatic rings. The third-order valence-electron chi connectivity index (χ3n) is 6.06. The number of esters is 1. The van der Waals surface area contributed by atoms with E-state index < -0.39 is 5.97 Å². The fourth-order valence-electron chi connectivity index (χ4n) is 4.05. The molecular weight excluding hydrogens is 464 g/mol. The number of morpholine rings is 1. The van der Waals surface area contributed by atoms with Gasteiger partial charge in [0.25, 0.3) is 5.91 Å². The van der Waals surface area contributed by atoms with Crippen molar-refractivity contribution in [2.45, 2.75) is 0 Å². The maximum atomic E-state index is 12.9. The average molecular weight is 495 g/mol. The summed E-state index contributed by atoms with van der Waals surface area (Å²) in [7, 11) is 0. The molecule has 2 aromatic carbocycles. The van der Waals surface area contributed by atoms with Crippen LogP contribution in [0.4, 0.5) is 5.69 Å². The van der Waals surface area contributed by atoms with Gasteiger partial charge in [-0.2, -0.15) is 0 Å². The molecule has 4 N–H and O–H groups in total. The number of benzene rings is 2. The third kappa shape index (κ3) is 6.58. The molecule has 0 aromatic heterocycles. The van der Waals surface area contributed by atoms with Gasteiger partial charge in [-0.05, 0) is 48.5 Å². The Morgan fingerprint density at radius 1 is 0.806 bits per heavy atom. The highest BCUT2D eigenvalue weighted by molar-refractivity contribution is 5.95. The first-order valence-electron chi connectivity index (χ1n) is 11.8. The fourth-order valence-corrected chi connectivity index (χ4v) is 4.05. The summed E-state index contributed by atoms with van der Waals surface area (Å²) in [5.74, 6) is -0.264. The molecule has 0 spiro atoms. The monoisotopic (exact) mass is 494 g/mol. The smallest absolute Gasteiger partial charge is 0.343 e. The van der Waals surface area contributed by atoms with E-state index in [4.69, 9.17) is 20.9 Å². The first-order chi connectivity index (χ1) is 17.4. The summed E-state index contributed by atoms with van der Waals surface area (Å²) >= 11 is 0. The summed E-state index contributed by atoms with van der Waals surface area (Å²) in [6, 6.07) is 12.8. The van der Waals surface area contributed by atoms with Crippen LogP contribution < -0.4 is 16.2 Å². The molecule has 4 rings (SSSR count). The van der Waals surface area contributed by atoms with Crippen molar-refractivity contribution in [3.8, 4) is 5.75 Å². The Balaban J connectivity index is 1.26. The molecule has 190 valence electrons. The molecule has 0 aliphatic carbocycles. The van der Waals surface area contributed by atoms with Gasteiger partial charge in [0.1, 0.15) is 5.75 Å². The quantitative estimate of drug-likeness (QED) is 0.255. The van der Waals surface area contributed by atoms with Gasteiger partial charge in [-0.1, -0.05) is 0 Å². The third-order valence-corrected chi connectivity index (χ3v) is 6.06. The lowest BCUT2D eigenvalue weighted by atomic mass is 10.1. The van der Waals surface area contributed by atoms with Crippen LogP contribution in [0.1, 0.15) is 20.7 Å². The normalized spacial score (nSPS) is 16.3. The summed E-state index contributed by atoms with van der Waals surface area (Å²) < 4.78 is 10.7. The Kier molecular flexibility index (Phi) is 8.13. The number of nitrogens with zero attached hydrogens (tertiary/aromatic N) is 4. The highest BCUT2D eigenvalue weighted by Gasteiger charge is 2.25. The van der Waals surface area contributed by atoms with Crippen LogP contribution in [0.2, 0.25) is 0 Å². The minimum absolute atomic E-state index is 0.0688. The van der Waals surface area contributed by atoms with Crippen molar-refractivity contribution in [2.24, 2.45) is 16.5 Å². The average Bonchev–Trinajstić information content (AvgIpc) is 2.90. The molecule has 2 amide bonds. The number of carbonyl (C=O) groups excluding carboxylic acids is 3. The number of piperazine rings is 1. The SMILES string of the molecule is NC(N)=Nc1ccc(C(=O)Oc2ccc(C(=O)N3CCN(CC(=O)N4CCOCC4)CC3)cc2)cc1. The Labute approximate surface area is 209 Å². The van der Waals surface area contributed by atoms with Gasteiger partial charge in [0, 0.05) is 44.8 Å². The first kappa shape index (κ1) is 25.1. The van der Waals surface area contributed by atoms with Gasteiger partial charge >= 0.3 is 5.97 Å². The van der Waals surface area contributed by atoms with Crippen molar-refractivity contribution < 1.29 is 23.9 Å². The van der Waals surface area contributed by atoms with Crippen molar-refractivity contribution in [3.63, 3.8) is 0 Å². The molecule has 0 bridgehead atoms. The minimum atomic E-state index is -0.534. The maximum Gasteiger partial charge on any atom is 0.343 e. The molecule has 11 nitrogen and oxygen atoms in total. The Morgan fingerprint density at radius 3 is 2.03 bits per heavy atom. The summed E-state index contributed by atoms with van der Waals surface area (Å²) in [6.45, 7) is 5.16. The lowest BCUT2D eigenvalue weighted by molar-refractivity contribution is -0.136. The van der Waals surface area contributed by atoms with Gasteiger partial charge in [-0.3, -0.25) is 14.5 Å². The zero-order valence-corrected chi connectivity index (χ0v) is 20.0. The highest BCUT2D eigenvalue weighted by atomic mass is 16.5. The number of aliphatic imine (C=N–C) groups is 1. The van der Waals surface area contributed by atoms with Crippen LogP contribution in [0.3, 0.4) is 0 Å².